The van der Waals surface area contributed by atoms with Crippen molar-refractivity contribution in [3.63, 3.8) is 0 Å². The van der Waals surface area contributed by atoms with Gasteiger partial charge in [-0.15, -0.1) is 11.3 Å². The van der Waals surface area contributed by atoms with Gasteiger partial charge >= 0.3 is 0 Å². The third-order valence-corrected chi connectivity index (χ3v) is 6.32. The van der Waals surface area contributed by atoms with Crippen LogP contribution in [0.2, 0.25) is 0 Å². The van der Waals surface area contributed by atoms with E-state index in [1.807, 2.05) is 57.2 Å². The number of rotatable bonds is 4. The average Bonchev–Trinajstić information content (AvgIpc) is 3.46. The maximum atomic E-state index is 13.0. The van der Waals surface area contributed by atoms with Crippen LogP contribution in [0.5, 0.6) is 0 Å². The Kier molecular flexibility index (Phi) is 4.40. The molecule has 30 heavy (non-hydrogen) atoms. The van der Waals surface area contributed by atoms with E-state index >= 15 is 0 Å². The Bertz CT molecular complexity index is 1350. The highest BCUT2D eigenvalue weighted by Gasteiger charge is 2.22. The molecule has 0 fully saturated rings. The van der Waals surface area contributed by atoms with Crippen molar-refractivity contribution < 1.29 is 13.6 Å². The summed E-state index contributed by atoms with van der Waals surface area (Å²) in [5, 5.41) is 4.98. The number of carbonyl (C=O) groups is 1. The molecule has 1 unspecified atom stereocenters. The highest BCUT2D eigenvalue weighted by atomic mass is 32.1. The van der Waals surface area contributed by atoms with Gasteiger partial charge in [0.05, 0.1) is 22.9 Å². The number of carbonyl (C=O) groups excluding carboxylic acids is 1. The van der Waals surface area contributed by atoms with Crippen molar-refractivity contribution in [2.75, 3.05) is 0 Å². The number of nitrogens with zero attached hydrogens (tertiary/aromatic N) is 2. The summed E-state index contributed by atoms with van der Waals surface area (Å²) in [6.45, 7) is 5.77. The largest absolute Gasteiger partial charge is 0.461 e. The number of para-hydroxylation sites is 1. The van der Waals surface area contributed by atoms with Gasteiger partial charge in [0.1, 0.15) is 16.2 Å². The first kappa shape index (κ1) is 18.6. The number of amides is 1. The van der Waals surface area contributed by atoms with E-state index in [1.54, 1.807) is 12.3 Å². The molecular formula is C23H19N3O3S. The second-order valence-corrected chi connectivity index (χ2v) is 8.23. The maximum absolute atomic E-state index is 13.0. The number of nitrogens with one attached hydrogen (secondary N) is 1. The quantitative estimate of drug-likeness (QED) is 0.399. The van der Waals surface area contributed by atoms with Gasteiger partial charge in [-0.2, -0.15) is 0 Å². The third-order valence-electron chi connectivity index (χ3n) is 5.14. The van der Waals surface area contributed by atoms with Gasteiger partial charge in [-0.3, -0.25) is 4.79 Å². The van der Waals surface area contributed by atoms with Crippen LogP contribution in [0.25, 0.3) is 32.8 Å². The van der Waals surface area contributed by atoms with Crippen LogP contribution in [-0.2, 0) is 0 Å². The van der Waals surface area contributed by atoms with E-state index in [4.69, 9.17) is 8.83 Å². The summed E-state index contributed by atoms with van der Waals surface area (Å²) in [5.41, 5.74) is 2.51. The topological polar surface area (TPSA) is 81.2 Å². The van der Waals surface area contributed by atoms with Crippen LogP contribution in [-0.4, -0.2) is 15.9 Å². The molecule has 1 N–H and O–H groups in total. The predicted molar refractivity (Wildman–Crippen MR) is 117 cm³/mol. The van der Waals surface area contributed by atoms with Gasteiger partial charge in [0, 0.05) is 10.8 Å². The second kappa shape index (κ2) is 7.11. The van der Waals surface area contributed by atoms with Crippen molar-refractivity contribution in [1.29, 1.82) is 0 Å². The van der Waals surface area contributed by atoms with E-state index in [9.17, 15) is 4.79 Å². The van der Waals surface area contributed by atoms with Crippen molar-refractivity contribution in [2.24, 2.45) is 0 Å². The number of furan rings is 2. The smallest absolute Gasteiger partial charge is 0.262 e. The molecule has 1 aromatic carbocycles. The fraction of sp³-hybridized carbons (Fsp3) is 0.174. The molecule has 7 heteroatoms. The Morgan fingerprint density at radius 2 is 1.97 bits per heavy atom. The zero-order chi connectivity index (χ0) is 20.8. The SMILES string of the molecule is Cc1nc(-c2ccco2)nc2sc(C(=O)NC(C)c3cc4ccccc4o3)c(C)c12. The Morgan fingerprint density at radius 1 is 1.13 bits per heavy atom. The molecule has 0 radical (unpaired) electrons. The van der Waals surface area contributed by atoms with Crippen molar-refractivity contribution >= 4 is 38.4 Å². The zero-order valence-corrected chi connectivity index (χ0v) is 17.5. The number of aromatic nitrogens is 2. The first-order valence-corrected chi connectivity index (χ1v) is 10.4. The lowest BCUT2D eigenvalue weighted by atomic mass is 10.1. The molecule has 5 rings (SSSR count). The average molecular weight is 417 g/mol. The lowest BCUT2D eigenvalue weighted by Crippen LogP contribution is -2.26. The van der Waals surface area contributed by atoms with Gasteiger partial charge in [0.2, 0.25) is 0 Å². The van der Waals surface area contributed by atoms with Crippen molar-refractivity contribution in [3.8, 4) is 11.6 Å². The summed E-state index contributed by atoms with van der Waals surface area (Å²) in [6.07, 6.45) is 1.59. The van der Waals surface area contributed by atoms with E-state index in [0.717, 1.165) is 38.2 Å². The minimum atomic E-state index is -0.264. The zero-order valence-electron chi connectivity index (χ0n) is 16.7. The molecule has 1 atom stereocenters. The summed E-state index contributed by atoms with van der Waals surface area (Å²) >= 11 is 1.36. The molecule has 150 valence electrons. The van der Waals surface area contributed by atoms with Crippen molar-refractivity contribution in [1.82, 2.24) is 15.3 Å². The van der Waals surface area contributed by atoms with Crippen molar-refractivity contribution in [2.45, 2.75) is 26.8 Å². The van der Waals surface area contributed by atoms with Gasteiger partial charge < -0.3 is 14.2 Å². The van der Waals surface area contributed by atoms with E-state index in [2.05, 4.69) is 15.3 Å². The van der Waals surface area contributed by atoms with Crippen LogP contribution < -0.4 is 5.32 Å². The first-order chi connectivity index (χ1) is 14.5. The molecule has 0 spiro atoms. The number of benzene rings is 1. The number of hydrogen-bond donors (Lipinski definition) is 1. The summed E-state index contributed by atoms with van der Waals surface area (Å²) in [6, 6.07) is 13.1. The molecule has 1 amide bonds. The Morgan fingerprint density at radius 3 is 2.73 bits per heavy atom. The van der Waals surface area contributed by atoms with E-state index < -0.39 is 0 Å². The minimum absolute atomic E-state index is 0.151. The van der Waals surface area contributed by atoms with Crippen molar-refractivity contribution in [3.05, 3.63) is 70.6 Å². The van der Waals surface area contributed by atoms with Crippen LogP contribution >= 0.6 is 11.3 Å². The molecule has 0 aliphatic carbocycles. The number of aryl methyl sites for hydroxylation is 2. The van der Waals surface area contributed by atoms with Gasteiger partial charge in [0.15, 0.2) is 11.6 Å². The van der Waals surface area contributed by atoms with Crippen LogP contribution in [0.4, 0.5) is 0 Å². The number of fused-ring (bicyclic) bond motifs is 2. The van der Waals surface area contributed by atoms with E-state index in [0.29, 0.717) is 16.5 Å². The molecule has 5 aromatic rings. The fourth-order valence-electron chi connectivity index (χ4n) is 3.62. The molecular weight excluding hydrogens is 398 g/mol. The van der Waals surface area contributed by atoms with Gasteiger partial charge in [-0.1, -0.05) is 18.2 Å². The minimum Gasteiger partial charge on any atom is -0.461 e. The molecule has 0 saturated heterocycles. The Balaban J connectivity index is 1.47. The van der Waals surface area contributed by atoms with Crippen LogP contribution in [0.15, 0.2) is 57.6 Å². The molecule has 0 aliphatic heterocycles. The van der Waals surface area contributed by atoms with E-state index in [-0.39, 0.29) is 11.9 Å². The van der Waals surface area contributed by atoms with Gasteiger partial charge in [0.25, 0.3) is 5.91 Å². The predicted octanol–water partition coefficient (Wildman–Crippen LogP) is 5.81. The highest BCUT2D eigenvalue weighted by Crippen LogP contribution is 2.33. The van der Waals surface area contributed by atoms with Gasteiger partial charge in [-0.25, -0.2) is 9.97 Å². The molecule has 0 saturated carbocycles. The highest BCUT2D eigenvalue weighted by molar-refractivity contribution is 7.20. The fourth-order valence-corrected chi connectivity index (χ4v) is 4.76. The lowest BCUT2D eigenvalue weighted by molar-refractivity contribution is 0.0939. The monoisotopic (exact) mass is 417 g/mol. The van der Waals surface area contributed by atoms with Crippen LogP contribution in [0.1, 0.15) is 39.7 Å². The van der Waals surface area contributed by atoms with Crippen LogP contribution in [0.3, 0.4) is 0 Å². The summed E-state index contributed by atoms with van der Waals surface area (Å²) in [5.74, 6) is 1.70. The standard InChI is InChI=1S/C23H19N3O3S/c1-12-19-14(3)24-21(17-9-6-10-28-17)26-23(19)30-20(12)22(27)25-13(2)18-11-15-7-4-5-8-16(15)29-18/h4-11,13H,1-3H3,(H,25,27). The van der Waals surface area contributed by atoms with Gasteiger partial charge in [-0.05, 0) is 50.6 Å². The van der Waals surface area contributed by atoms with Crippen LogP contribution in [0, 0.1) is 13.8 Å². The molecule has 4 aromatic heterocycles. The number of thiophene rings is 1. The number of hydrogen-bond acceptors (Lipinski definition) is 6. The Labute approximate surface area is 176 Å². The maximum Gasteiger partial charge on any atom is 0.262 e. The molecule has 0 aliphatic rings. The molecule has 0 bridgehead atoms. The Hall–Kier alpha value is -3.45. The normalized spacial score (nSPS) is 12.5. The summed E-state index contributed by atoms with van der Waals surface area (Å²) < 4.78 is 11.3. The third kappa shape index (κ3) is 3.07. The summed E-state index contributed by atoms with van der Waals surface area (Å²) in [7, 11) is 0. The first-order valence-electron chi connectivity index (χ1n) is 9.62. The lowest BCUT2D eigenvalue weighted by Gasteiger charge is -2.10. The molecule has 6 nitrogen and oxygen atoms in total. The summed E-state index contributed by atoms with van der Waals surface area (Å²) in [4.78, 5) is 23.6. The molecule has 4 heterocycles. The second-order valence-electron chi connectivity index (χ2n) is 7.23. The van der Waals surface area contributed by atoms with E-state index in [1.165, 1.54) is 11.3 Å².